The topological polar surface area (TPSA) is 92.7 Å². The molecule has 5 rings (SSSR count). The molecule has 1 aliphatic rings. The summed E-state index contributed by atoms with van der Waals surface area (Å²) in [6, 6.07) is 17.4. The lowest BCUT2D eigenvalue weighted by Crippen LogP contribution is -2.43. The van der Waals surface area contributed by atoms with Crippen LogP contribution in [0, 0.1) is 0 Å². The number of thiazole rings is 1. The van der Waals surface area contributed by atoms with Gasteiger partial charge in [0.15, 0.2) is 5.13 Å². The van der Waals surface area contributed by atoms with E-state index in [9.17, 15) is 13.2 Å². The fraction of sp³-hybridized carbons (Fsp3) is 0.321. The Bertz CT molecular complexity index is 1520. The Morgan fingerprint density at radius 2 is 1.95 bits per heavy atom. The molecular formula is C28H30N4O4S2. The van der Waals surface area contributed by atoms with Gasteiger partial charge in [0.1, 0.15) is 5.75 Å². The van der Waals surface area contributed by atoms with Crippen molar-refractivity contribution in [3.63, 3.8) is 0 Å². The van der Waals surface area contributed by atoms with Crippen molar-refractivity contribution in [1.29, 1.82) is 0 Å². The maximum Gasteiger partial charge on any atom is 0.260 e. The maximum atomic E-state index is 13.8. The van der Waals surface area contributed by atoms with Gasteiger partial charge in [-0.2, -0.15) is 4.31 Å². The van der Waals surface area contributed by atoms with E-state index in [1.165, 1.54) is 23.5 Å². The van der Waals surface area contributed by atoms with Crippen LogP contribution in [-0.4, -0.2) is 48.3 Å². The Morgan fingerprint density at radius 1 is 1.13 bits per heavy atom. The smallest absolute Gasteiger partial charge is 0.260 e. The predicted molar refractivity (Wildman–Crippen MR) is 149 cm³/mol. The molecule has 0 saturated carbocycles. The van der Waals surface area contributed by atoms with Gasteiger partial charge in [0.2, 0.25) is 10.0 Å². The number of ether oxygens (including phenoxy) is 1. The van der Waals surface area contributed by atoms with Crippen LogP contribution >= 0.6 is 11.3 Å². The minimum Gasteiger partial charge on any atom is -0.497 e. The summed E-state index contributed by atoms with van der Waals surface area (Å²) in [5.41, 5.74) is 1.85. The molecule has 0 radical (unpaired) electrons. The van der Waals surface area contributed by atoms with E-state index in [0.717, 1.165) is 35.9 Å². The van der Waals surface area contributed by atoms with Crippen LogP contribution in [0.15, 0.2) is 71.8 Å². The highest BCUT2D eigenvalue weighted by Gasteiger charge is 2.32. The lowest BCUT2D eigenvalue weighted by Gasteiger charge is -2.34. The number of hydrogen-bond acceptors (Lipinski definition) is 7. The number of carbonyl (C=O) groups is 1. The molecule has 1 unspecified atom stereocenters. The number of anilines is 1. The number of pyridine rings is 1. The second-order valence-corrected chi connectivity index (χ2v) is 12.1. The van der Waals surface area contributed by atoms with Crippen molar-refractivity contribution in [1.82, 2.24) is 14.3 Å². The first kappa shape index (κ1) is 26.3. The number of methoxy groups -OCH3 is 1. The number of piperidine rings is 1. The first-order chi connectivity index (χ1) is 18.4. The van der Waals surface area contributed by atoms with Crippen LogP contribution < -0.4 is 9.64 Å². The zero-order valence-corrected chi connectivity index (χ0v) is 23.0. The van der Waals surface area contributed by atoms with Crippen molar-refractivity contribution >= 4 is 42.6 Å². The third-order valence-corrected chi connectivity index (χ3v) is 9.87. The van der Waals surface area contributed by atoms with E-state index in [4.69, 9.17) is 9.72 Å². The van der Waals surface area contributed by atoms with E-state index < -0.39 is 10.0 Å². The number of fused-ring (bicyclic) bond motifs is 1. The Kier molecular flexibility index (Phi) is 7.73. The Hall–Kier alpha value is -3.34. The van der Waals surface area contributed by atoms with Gasteiger partial charge in [0, 0.05) is 24.3 Å². The molecule has 1 amide bonds. The Balaban J connectivity index is 1.46. The molecule has 1 fully saturated rings. The molecule has 2 aromatic heterocycles. The lowest BCUT2D eigenvalue weighted by atomic mass is 10.0. The minimum absolute atomic E-state index is 0.0154. The van der Waals surface area contributed by atoms with E-state index in [1.54, 1.807) is 34.6 Å². The van der Waals surface area contributed by atoms with E-state index in [2.05, 4.69) is 4.98 Å². The summed E-state index contributed by atoms with van der Waals surface area (Å²) < 4.78 is 34.6. The second-order valence-electron chi connectivity index (χ2n) is 9.24. The average Bonchev–Trinajstić information content (AvgIpc) is 3.39. The summed E-state index contributed by atoms with van der Waals surface area (Å²) in [6.07, 6.45) is 5.26. The normalized spacial score (nSPS) is 16.4. The van der Waals surface area contributed by atoms with Crippen LogP contribution in [0.1, 0.15) is 48.7 Å². The molecule has 0 bridgehead atoms. The van der Waals surface area contributed by atoms with E-state index >= 15 is 0 Å². The van der Waals surface area contributed by atoms with Gasteiger partial charge >= 0.3 is 0 Å². The van der Waals surface area contributed by atoms with Gasteiger partial charge in [-0.25, -0.2) is 13.4 Å². The first-order valence-corrected chi connectivity index (χ1v) is 14.9. The summed E-state index contributed by atoms with van der Waals surface area (Å²) in [5, 5.41) is 0.528. The van der Waals surface area contributed by atoms with Gasteiger partial charge in [-0.1, -0.05) is 30.7 Å². The Labute approximate surface area is 227 Å². The molecular weight excluding hydrogens is 520 g/mol. The largest absolute Gasteiger partial charge is 0.497 e. The lowest BCUT2D eigenvalue weighted by molar-refractivity contribution is 0.0984. The third-order valence-electron chi connectivity index (χ3n) is 6.86. The van der Waals surface area contributed by atoms with Gasteiger partial charge in [0.25, 0.3) is 5.91 Å². The number of aromatic nitrogens is 2. The van der Waals surface area contributed by atoms with Crippen LogP contribution in [0.25, 0.3) is 10.2 Å². The second kappa shape index (κ2) is 11.2. The molecule has 38 heavy (non-hydrogen) atoms. The van der Waals surface area contributed by atoms with Gasteiger partial charge in [-0.05, 0) is 73.9 Å². The zero-order valence-electron chi connectivity index (χ0n) is 21.4. The van der Waals surface area contributed by atoms with Crippen LogP contribution in [-0.2, 0) is 16.6 Å². The molecule has 10 heteroatoms. The predicted octanol–water partition coefficient (Wildman–Crippen LogP) is 5.50. The molecule has 1 aliphatic heterocycles. The molecule has 0 N–H and O–H groups in total. The molecule has 0 spiro atoms. The van der Waals surface area contributed by atoms with E-state index in [-0.39, 0.29) is 23.4 Å². The molecule has 1 saturated heterocycles. The van der Waals surface area contributed by atoms with E-state index in [0.29, 0.717) is 28.7 Å². The molecule has 3 heterocycles. The summed E-state index contributed by atoms with van der Waals surface area (Å²) in [5.74, 6) is 0.432. The minimum atomic E-state index is -3.63. The average molecular weight is 551 g/mol. The van der Waals surface area contributed by atoms with Crippen molar-refractivity contribution in [3.8, 4) is 5.75 Å². The van der Waals surface area contributed by atoms with Crippen molar-refractivity contribution in [2.45, 2.75) is 50.1 Å². The molecule has 8 nitrogen and oxygen atoms in total. The number of rotatable bonds is 8. The highest BCUT2D eigenvalue weighted by molar-refractivity contribution is 7.89. The standard InChI is InChI=1S/C28H30N4O4S2/c1-3-22-9-5-7-17-32(22)38(34,35)24-13-10-20(11-14-24)27(33)31(19-21-8-4-6-16-29-21)28-30-25-15-12-23(36-2)18-26(25)37-28/h4,6,8,10-16,18,22H,3,5,7,9,17,19H2,1-2H3. The van der Waals surface area contributed by atoms with Crippen molar-refractivity contribution in [2.24, 2.45) is 0 Å². The highest BCUT2D eigenvalue weighted by Crippen LogP contribution is 2.33. The van der Waals surface area contributed by atoms with Crippen LogP contribution in [0.5, 0.6) is 5.75 Å². The Morgan fingerprint density at radius 3 is 2.66 bits per heavy atom. The van der Waals surface area contributed by atoms with Crippen LogP contribution in [0.3, 0.4) is 0 Å². The summed E-state index contributed by atoms with van der Waals surface area (Å²) >= 11 is 1.39. The van der Waals surface area contributed by atoms with E-state index in [1.807, 2.05) is 43.3 Å². The summed E-state index contributed by atoms with van der Waals surface area (Å²) in [4.78, 5) is 24.7. The molecule has 4 aromatic rings. The van der Waals surface area contributed by atoms with Crippen molar-refractivity contribution < 1.29 is 17.9 Å². The number of nitrogens with zero attached hydrogens (tertiary/aromatic N) is 4. The van der Waals surface area contributed by atoms with Gasteiger partial charge in [-0.15, -0.1) is 0 Å². The summed E-state index contributed by atoms with van der Waals surface area (Å²) in [7, 11) is -2.03. The van der Waals surface area contributed by atoms with Gasteiger partial charge in [0.05, 0.1) is 34.5 Å². The number of amides is 1. The van der Waals surface area contributed by atoms with Crippen LogP contribution in [0.2, 0.25) is 0 Å². The molecule has 0 aliphatic carbocycles. The number of carbonyl (C=O) groups excluding carboxylic acids is 1. The van der Waals surface area contributed by atoms with Gasteiger partial charge < -0.3 is 4.74 Å². The third kappa shape index (κ3) is 5.29. The first-order valence-electron chi connectivity index (χ1n) is 12.7. The molecule has 1 atom stereocenters. The van der Waals surface area contributed by atoms with Crippen molar-refractivity contribution in [3.05, 3.63) is 78.1 Å². The quantitative estimate of drug-likeness (QED) is 0.288. The summed E-state index contributed by atoms with van der Waals surface area (Å²) in [6.45, 7) is 2.78. The molecule has 198 valence electrons. The highest BCUT2D eigenvalue weighted by atomic mass is 32.2. The zero-order chi connectivity index (χ0) is 26.7. The maximum absolute atomic E-state index is 13.8. The molecule has 2 aromatic carbocycles. The number of benzene rings is 2. The monoisotopic (exact) mass is 550 g/mol. The van der Waals surface area contributed by atoms with Gasteiger partial charge in [-0.3, -0.25) is 14.7 Å². The number of hydrogen-bond donors (Lipinski definition) is 0. The number of sulfonamides is 1. The van der Waals surface area contributed by atoms with Crippen LogP contribution in [0.4, 0.5) is 5.13 Å². The fourth-order valence-electron chi connectivity index (χ4n) is 4.77. The van der Waals surface area contributed by atoms with Crippen molar-refractivity contribution in [2.75, 3.05) is 18.6 Å². The fourth-order valence-corrected chi connectivity index (χ4v) is 7.53. The SMILES string of the molecule is CCC1CCCCN1S(=O)(=O)c1ccc(C(=O)N(Cc2ccccn2)c2nc3ccc(OC)cc3s2)cc1.